The Bertz CT molecular complexity index is 32.7. The molecule has 4 nitrogen and oxygen atoms in total. The van der Waals surface area contributed by atoms with Gasteiger partial charge in [-0.2, -0.15) is 0 Å². The minimum absolute atomic E-state index is 0. The molecule has 0 unspecified atom stereocenters. The molecule has 0 heterocycles. The average molecular weight is 143 g/mol. The SMILES string of the molecule is O=[Si]=O.[Al+3].[Mg+2].[O-2].[O-2]. The van der Waals surface area contributed by atoms with Gasteiger partial charge in [-0.3, -0.25) is 8.92 Å². The van der Waals surface area contributed by atoms with Crippen LogP contribution in [-0.2, 0) is 19.9 Å². The summed E-state index contributed by atoms with van der Waals surface area (Å²) in [6.07, 6.45) is 0. The van der Waals surface area contributed by atoms with Crippen molar-refractivity contribution in [2.24, 2.45) is 0 Å². The Morgan fingerprint density at radius 2 is 1.00 bits per heavy atom. The molecule has 0 radical (unpaired) electrons. The Hall–Kier alpha value is 1.04. The van der Waals surface area contributed by atoms with Gasteiger partial charge in [0.1, 0.15) is 0 Å². The molecule has 0 spiro atoms. The van der Waals surface area contributed by atoms with Crippen molar-refractivity contribution in [2.45, 2.75) is 0 Å². The zero-order chi connectivity index (χ0) is 2.71. The maximum absolute atomic E-state index is 8.40. The normalized spacial score (nSPS) is 1.14. The quantitative estimate of drug-likeness (QED) is 0.381. The molecule has 0 aromatic carbocycles. The summed E-state index contributed by atoms with van der Waals surface area (Å²) in [6, 6.07) is 0. The van der Waals surface area contributed by atoms with Crippen molar-refractivity contribution in [3.63, 3.8) is 0 Å². The first-order valence-electron chi connectivity index (χ1n) is 0.408. The summed E-state index contributed by atoms with van der Waals surface area (Å²) in [7, 11) is -1.42. The van der Waals surface area contributed by atoms with Crippen LogP contribution < -0.4 is 0 Å². The van der Waals surface area contributed by atoms with Gasteiger partial charge in [-0.05, 0) is 0 Å². The Morgan fingerprint density at radius 3 is 1.00 bits per heavy atom. The van der Waals surface area contributed by atoms with Crippen molar-refractivity contribution >= 4 is 49.7 Å². The van der Waals surface area contributed by atoms with Crippen LogP contribution in [0.5, 0.6) is 0 Å². The van der Waals surface area contributed by atoms with Gasteiger partial charge in [-0.1, -0.05) is 0 Å². The molecule has 32 valence electrons. The average Bonchev–Trinajstić information content (AvgIpc) is 0.918. The molecule has 0 N–H and O–H groups in total. The second-order valence-corrected chi connectivity index (χ2v) is 0.250. The largest absolute Gasteiger partial charge is 3.00 e. The molecule has 0 aliphatic rings. The van der Waals surface area contributed by atoms with Gasteiger partial charge in [0.25, 0.3) is 0 Å². The van der Waals surface area contributed by atoms with Gasteiger partial charge in [0.15, 0.2) is 0 Å². The van der Waals surface area contributed by atoms with E-state index in [-0.39, 0.29) is 51.4 Å². The zero-order valence-electron chi connectivity index (χ0n) is 3.42. The predicted molar refractivity (Wildman–Crippen MR) is 20.0 cm³/mol. The van der Waals surface area contributed by atoms with Crippen LogP contribution in [0.15, 0.2) is 0 Å². The van der Waals surface area contributed by atoms with Gasteiger partial charge in [0, 0.05) is 0 Å². The topological polar surface area (TPSA) is 91.1 Å². The van der Waals surface area contributed by atoms with Crippen LogP contribution in [-0.4, -0.2) is 49.7 Å². The van der Waals surface area contributed by atoms with Gasteiger partial charge in [-0.15, -0.1) is 0 Å². The van der Waals surface area contributed by atoms with E-state index in [1.807, 2.05) is 0 Å². The molecule has 7 heteroatoms. The van der Waals surface area contributed by atoms with E-state index >= 15 is 0 Å². The molecule has 0 fully saturated rings. The van der Waals surface area contributed by atoms with Crippen molar-refractivity contribution in [2.75, 3.05) is 0 Å². The fraction of sp³-hybridized carbons (Fsp3) is 0. The van der Waals surface area contributed by atoms with Crippen molar-refractivity contribution in [1.29, 1.82) is 0 Å². The number of rotatable bonds is 0. The molecule has 0 saturated heterocycles. The van der Waals surface area contributed by atoms with Crippen LogP contribution in [0.3, 0.4) is 0 Å². The van der Waals surface area contributed by atoms with Crippen LogP contribution >= 0.6 is 0 Å². The Labute approximate surface area is 69.5 Å². The van der Waals surface area contributed by atoms with E-state index in [4.69, 9.17) is 8.92 Å². The summed E-state index contributed by atoms with van der Waals surface area (Å²) in [5.74, 6) is 0. The van der Waals surface area contributed by atoms with Gasteiger partial charge < -0.3 is 11.0 Å². The van der Waals surface area contributed by atoms with Gasteiger partial charge in [0.05, 0.1) is 0 Å². The van der Waals surface area contributed by atoms with Crippen molar-refractivity contribution in [3.8, 4) is 0 Å². The van der Waals surface area contributed by atoms with E-state index in [0.717, 1.165) is 0 Å². The monoisotopic (exact) mass is 143 g/mol. The Kier molecular flexibility index (Phi) is 381. The van der Waals surface area contributed by atoms with Crippen molar-refractivity contribution < 1.29 is 19.9 Å². The molecule has 0 aromatic heterocycles. The van der Waals surface area contributed by atoms with Crippen LogP contribution in [0, 0.1) is 0 Å². The summed E-state index contributed by atoms with van der Waals surface area (Å²) in [4.78, 5) is 0. The molecule has 0 aliphatic carbocycles. The molecule has 0 saturated carbocycles. The fourth-order valence-electron chi connectivity index (χ4n) is 0. The van der Waals surface area contributed by atoms with Crippen LogP contribution in [0.2, 0.25) is 0 Å². The van der Waals surface area contributed by atoms with Gasteiger partial charge >= 0.3 is 49.7 Å². The minimum atomic E-state index is -1.42. The fourth-order valence-corrected chi connectivity index (χ4v) is 0. The first-order chi connectivity index (χ1) is 1.41. The van der Waals surface area contributed by atoms with Crippen LogP contribution in [0.25, 0.3) is 0 Å². The third-order valence-corrected chi connectivity index (χ3v) is 0. The van der Waals surface area contributed by atoms with E-state index < -0.39 is 9.29 Å². The predicted octanol–water partition coefficient (Wildman–Crippen LogP) is -1.62. The molecule has 0 amide bonds. The van der Waals surface area contributed by atoms with Crippen molar-refractivity contribution in [3.05, 3.63) is 0 Å². The van der Waals surface area contributed by atoms with E-state index in [1.165, 1.54) is 0 Å². The van der Waals surface area contributed by atoms with E-state index in [1.54, 1.807) is 0 Å². The third kappa shape index (κ3) is 166. The van der Waals surface area contributed by atoms with Gasteiger partial charge in [-0.25, -0.2) is 0 Å². The molecule has 0 aromatic rings. The standard InChI is InChI=1S/Al.Mg.O2Si.2O/c;;1-3-2;;/q+3;+2;;2*-2. The first kappa shape index (κ1) is 43.2. The molecule has 0 rings (SSSR count). The summed E-state index contributed by atoms with van der Waals surface area (Å²) >= 11 is 0. The molecular formula is AlMgO4Si+. The van der Waals surface area contributed by atoms with Crippen molar-refractivity contribution in [1.82, 2.24) is 0 Å². The molecule has 7 heavy (non-hydrogen) atoms. The van der Waals surface area contributed by atoms with E-state index in [2.05, 4.69) is 0 Å². The van der Waals surface area contributed by atoms with Gasteiger partial charge in [0.2, 0.25) is 0 Å². The molecule has 0 atom stereocenters. The zero-order valence-corrected chi connectivity index (χ0v) is 6.99. The van der Waals surface area contributed by atoms with Crippen LogP contribution in [0.1, 0.15) is 0 Å². The summed E-state index contributed by atoms with van der Waals surface area (Å²) in [5, 5.41) is 0. The summed E-state index contributed by atoms with van der Waals surface area (Å²) in [6.45, 7) is 0. The van der Waals surface area contributed by atoms with Crippen LogP contribution in [0.4, 0.5) is 0 Å². The second kappa shape index (κ2) is 61.9. The first-order valence-corrected chi connectivity index (χ1v) is 1.22. The minimum Gasteiger partial charge on any atom is -2.00 e. The summed E-state index contributed by atoms with van der Waals surface area (Å²) in [5.41, 5.74) is 0. The molecular weight excluding hydrogens is 143 g/mol. The summed E-state index contributed by atoms with van der Waals surface area (Å²) < 4.78 is 16.8. The second-order valence-electron chi connectivity index (χ2n) is 0.0833. The van der Waals surface area contributed by atoms with E-state index in [9.17, 15) is 0 Å². The maximum atomic E-state index is 8.40. The molecule has 0 aliphatic heterocycles. The number of hydrogen-bond donors (Lipinski definition) is 0. The third-order valence-electron chi connectivity index (χ3n) is 0. The smallest absolute Gasteiger partial charge is 2.00 e. The molecule has 0 bridgehead atoms. The maximum Gasteiger partial charge on any atom is 3.00 e. The van der Waals surface area contributed by atoms with E-state index in [0.29, 0.717) is 0 Å². The number of hydrogen-bond acceptors (Lipinski definition) is 2. The Morgan fingerprint density at radius 1 is 1.00 bits per heavy atom. The Balaban J connectivity index is -0.00000000333.